The number of rotatable bonds is 2. The van der Waals surface area contributed by atoms with Gasteiger partial charge in [0.05, 0.1) is 17.5 Å². The van der Waals surface area contributed by atoms with Gasteiger partial charge in [-0.25, -0.2) is 8.78 Å². The molecule has 0 aliphatic carbocycles. The van der Waals surface area contributed by atoms with Crippen LogP contribution in [-0.4, -0.2) is 35.7 Å². The van der Waals surface area contributed by atoms with Crippen LogP contribution in [0.1, 0.15) is 16.4 Å². The fraction of sp³-hybridized carbons (Fsp3) is 0.200. The standard InChI is InChI=1S/C20H15F2N3O2S/c21-13-3-1-11(2-4-13)19-14(9-25-6-5-23-20(25)28-19)12-7-15(22)18-16(8-12)24-17(26)10-27-18/h1-4,7-9,19H,5-6,10H2,(H,24,26). The Balaban J connectivity index is 1.62. The number of nitrogens with one attached hydrogen (secondary N) is 1. The van der Waals surface area contributed by atoms with E-state index in [-0.39, 0.29) is 29.3 Å². The Hall–Kier alpha value is -2.87. The first-order valence-electron chi connectivity index (χ1n) is 8.80. The number of aliphatic imine (C=N–C) groups is 1. The molecule has 5 rings (SSSR count). The maximum Gasteiger partial charge on any atom is 0.262 e. The predicted molar refractivity (Wildman–Crippen MR) is 104 cm³/mol. The lowest BCUT2D eigenvalue weighted by atomic mass is 9.96. The van der Waals surface area contributed by atoms with E-state index in [0.29, 0.717) is 17.8 Å². The number of carbonyl (C=O) groups is 1. The van der Waals surface area contributed by atoms with Crippen molar-refractivity contribution in [2.45, 2.75) is 5.25 Å². The molecule has 0 spiro atoms. The van der Waals surface area contributed by atoms with E-state index in [2.05, 4.69) is 10.3 Å². The largest absolute Gasteiger partial charge is 0.478 e. The highest BCUT2D eigenvalue weighted by molar-refractivity contribution is 8.14. The van der Waals surface area contributed by atoms with E-state index in [4.69, 9.17) is 4.74 Å². The lowest BCUT2D eigenvalue weighted by Gasteiger charge is -2.31. The normalized spacial score (nSPS) is 20.6. The van der Waals surface area contributed by atoms with Crippen LogP contribution in [0, 0.1) is 11.6 Å². The lowest BCUT2D eigenvalue weighted by Crippen LogP contribution is -2.27. The maximum atomic E-state index is 14.7. The Morgan fingerprint density at radius 2 is 2.04 bits per heavy atom. The molecule has 0 aromatic heterocycles. The van der Waals surface area contributed by atoms with Gasteiger partial charge in [0.2, 0.25) is 0 Å². The first kappa shape index (κ1) is 17.2. The molecule has 1 atom stereocenters. The highest BCUT2D eigenvalue weighted by Crippen LogP contribution is 2.48. The number of nitrogens with zero attached hydrogens (tertiary/aromatic N) is 2. The zero-order valence-corrected chi connectivity index (χ0v) is 15.4. The van der Waals surface area contributed by atoms with Crippen molar-refractivity contribution in [3.05, 3.63) is 65.4 Å². The molecular formula is C20H15F2N3O2S. The molecule has 1 unspecified atom stereocenters. The van der Waals surface area contributed by atoms with E-state index >= 15 is 0 Å². The van der Waals surface area contributed by atoms with E-state index in [1.165, 1.54) is 18.2 Å². The second-order valence-electron chi connectivity index (χ2n) is 6.66. The maximum absolute atomic E-state index is 14.7. The minimum atomic E-state index is -0.530. The van der Waals surface area contributed by atoms with Crippen LogP contribution in [0.15, 0.2) is 47.6 Å². The molecule has 2 aromatic carbocycles. The summed E-state index contributed by atoms with van der Waals surface area (Å²) in [5.74, 6) is -1.11. The topological polar surface area (TPSA) is 53.9 Å². The molecule has 8 heteroatoms. The van der Waals surface area contributed by atoms with E-state index in [0.717, 1.165) is 22.8 Å². The van der Waals surface area contributed by atoms with Crippen LogP contribution in [0.5, 0.6) is 5.75 Å². The van der Waals surface area contributed by atoms with Gasteiger partial charge < -0.3 is 15.0 Å². The number of ether oxygens (including phenoxy) is 1. The monoisotopic (exact) mass is 399 g/mol. The molecule has 3 aliphatic heterocycles. The van der Waals surface area contributed by atoms with E-state index in [1.54, 1.807) is 30.0 Å². The molecule has 0 radical (unpaired) electrons. The summed E-state index contributed by atoms with van der Waals surface area (Å²) in [6, 6.07) is 9.42. The number of halogens is 2. The minimum absolute atomic E-state index is 0.0502. The number of benzene rings is 2. The summed E-state index contributed by atoms with van der Waals surface area (Å²) in [7, 11) is 0. The van der Waals surface area contributed by atoms with Gasteiger partial charge in [-0.3, -0.25) is 9.79 Å². The molecular weight excluding hydrogens is 384 g/mol. The molecule has 0 saturated carbocycles. The third-order valence-electron chi connectivity index (χ3n) is 4.81. The first-order valence-corrected chi connectivity index (χ1v) is 9.68. The van der Waals surface area contributed by atoms with E-state index < -0.39 is 5.82 Å². The Morgan fingerprint density at radius 1 is 1.21 bits per heavy atom. The fourth-order valence-electron chi connectivity index (χ4n) is 3.50. The summed E-state index contributed by atoms with van der Waals surface area (Å²) in [5, 5.41) is 3.39. The minimum Gasteiger partial charge on any atom is -0.478 e. The quantitative estimate of drug-likeness (QED) is 0.835. The van der Waals surface area contributed by atoms with Crippen LogP contribution in [-0.2, 0) is 4.79 Å². The third-order valence-corrected chi connectivity index (χ3v) is 6.14. The van der Waals surface area contributed by atoms with Gasteiger partial charge in [-0.05, 0) is 41.0 Å². The van der Waals surface area contributed by atoms with Crippen molar-refractivity contribution in [3.8, 4) is 5.75 Å². The van der Waals surface area contributed by atoms with Crippen molar-refractivity contribution in [2.24, 2.45) is 4.99 Å². The van der Waals surface area contributed by atoms with Gasteiger partial charge in [0.25, 0.3) is 5.91 Å². The van der Waals surface area contributed by atoms with Crippen molar-refractivity contribution in [1.82, 2.24) is 4.90 Å². The van der Waals surface area contributed by atoms with Gasteiger partial charge in [0, 0.05) is 12.7 Å². The zero-order chi connectivity index (χ0) is 19.3. The highest BCUT2D eigenvalue weighted by atomic mass is 32.2. The summed E-state index contributed by atoms with van der Waals surface area (Å²) in [5.41, 5.74) is 2.70. The van der Waals surface area contributed by atoms with Crippen molar-refractivity contribution in [3.63, 3.8) is 0 Å². The predicted octanol–water partition coefficient (Wildman–Crippen LogP) is 3.80. The molecule has 0 bridgehead atoms. The summed E-state index contributed by atoms with van der Waals surface area (Å²) < 4.78 is 33.3. The smallest absolute Gasteiger partial charge is 0.262 e. The average molecular weight is 399 g/mol. The van der Waals surface area contributed by atoms with Crippen LogP contribution < -0.4 is 10.1 Å². The molecule has 0 saturated heterocycles. The fourth-order valence-corrected chi connectivity index (χ4v) is 4.78. The molecule has 1 amide bonds. The summed E-state index contributed by atoms with van der Waals surface area (Å²) in [6.07, 6.45) is 1.96. The van der Waals surface area contributed by atoms with E-state index in [9.17, 15) is 13.6 Å². The number of amidine groups is 1. The van der Waals surface area contributed by atoms with Crippen molar-refractivity contribution >= 4 is 34.1 Å². The number of thioether (sulfide) groups is 1. The molecule has 3 heterocycles. The van der Waals surface area contributed by atoms with Crippen LogP contribution in [0.4, 0.5) is 14.5 Å². The van der Waals surface area contributed by atoms with Crippen molar-refractivity contribution < 1.29 is 18.3 Å². The van der Waals surface area contributed by atoms with Crippen molar-refractivity contribution in [1.29, 1.82) is 0 Å². The Kier molecular flexibility index (Phi) is 4.08. The Labute approximate surface area is 164 Å². The molecule has 2 aromatic rings. The van der Waals surface area contributed by atoms with Crippen LogP contribution in [0.2, 0.25) is 0 Å². The number of anilines is 1. The van der Waals surface area contributed by atoms with Gasteiger partial charge in [-0.2, -0.15) is 0 Å². The number of hydrogen-bond acceptors (Lipinski definition) is 5. The van der Waals surface area contributed by atoms with Gasteiger partial charge in [0.15, 0.2) is 23.3 Å². The molecule has 5 nitrogen and oxygen atoms in total. The number of fused-ring (bicyclic) bond motifs is 2. The third kappa shape index (κ3) is 2.93. The highest BCUT2D eigenvalue weighted by Gasteiger charge is 2.32. The SMILES string of the molecule is O=C1COc2c(F)cc(C3=CN4CCN=C4SC3c3ccc(F)cc3)cc2N1. The molecule has 28 heavy (non-hydrogen) atoms. The second kappa shape index (κ2) is 6.63. The van der Waals surface area contributed by atoms with Crippen LogP contribution in [0.3, 0.4) is 0 Å². The first-order chi connectivity index (χ1) is 13.6. The Morgan fingerprint density at radius 3 is 2.86 bits per heavy atom. The van der Waals surface area contributed by atoms with Gasteiger partial charge in [-0.15, -0.1) is 0 Å². The van der Waals surface area contributed by atoms with Crippen LogP contribution in [0.25, 0.3) is 5.57 Å². The number of amides is 1. The number of hydrogen-bond donors (Lipinski definition) is 1. The molecule has 0 fully saturated rings. The zero-order valence-electron chi connectivity index (χ0n) is 14.6. The van der Waals surface area contributed by atoms with E-state index in [1.807, 2.05) is 11.1 Å². The molecule has 3 aliphatic rings. The lowest BCUT2D eigenvalue weighted by molar-refractivity contribution is -0.118. The van der Waals surface area contributed by atoms with Crippen LogP contribution >= 0.6 is 11.8 Å². The van der Waals surface area contributed by atoms with Gasteiger partial charge in [0.1, 0.15) is 5.82 Å². The Bertz CT molecular complexity index is 1040. The molecule has 1 N–H and O–H groups in total. The summed E-state index contributed by atoms with van der Waals surface area (Å²) in [4.78, 5) is 18.2. The summed E-state index contributed by atoms with van der Waals surface area (Å²) in [6.45, 7) is 1.26. The number of carbonyl (C=O) groups excluding carboxylic acids is 1. The van der Waals surface area contributed by atoms with Gasteiger partial charge >= 0.3 is 0 Å². The van der Waals surface area contributed by atoms with Crippen molar-refractivity contribution in [2.75, 3.05) is 25.0 Å². The van der Waals surface area contributed by atoms with Gasteiger partial charge in [-0.1, -0.05) is 23.9 Å². The second-order valence-corrected chi connectivity index (χ2v) is 7.74. The average Bonchev–Trinajstić information content (AvgIpc) is 3.14. The summed E-state index contributed by atoms with van der Waals surface area (Å²) >= 11 is 1.55. The molecule has 142 valence electrons.